The normalized spacial score (nSPS) is 17.4. The summed E-state index contributed by atoms with van der Waals surface area (Å²) in [7, 11) is 0. The molecular weight excluding hydrogens is 489 g/mol. The second-order valence-corrected chi connectivity index (χ2v) is 9.04. The highest BCUT2D eigenvalue weighted by Gasteiger charge is 2.48. The number of carbonyl (C=O) groups is 1. The van der Waals surface area contributed by atoms with Gasteiger partial charge in [-0.05, 0) is 22.3 Å². The van der Waals surface area contributed by atoms with E-state index < -0.39 is 24.2 Å². The van der Waals surface area contributed by atoms with E-state index in [4.69, 9.17) is 9.83 Å². The van der Waals surface area contributed by atoms with Crippen LogP contribution in [-0.2, 0) is 9.63 Å². The van der Waals surface area contributed by atoms with Crippen LogP contribution in [0.4, 0.5) is 13.2 Å². The van der Waals surface area contributed by atoms with Crippen LogP contribution in [0.2, 0.25) is 0 Å². The maximum Gasteiger partial charge on any atom is 0.493 e. The fraction of sp³-hybridized carbons (Fsp3) is 0.161. The summed E-state index contributed by atoms with van der Waals surface area (Å²) in [5.41, 5.74) is 3.44. The van der Waals surface area contributed by atoms with Crippen molar-refractivity contribution in [1.29, 1.82) is 0 Å². The topological polar surface area (TPSA) is 41.9 Å². The Labute approximate surface area is 219 Å². The molecule has 1 heterocycles. The second-order valence-electron chi connectivity index (χ2n) is 9.04. The maximum absolute atomic E-state index is 13.4. The molecule has 0 radical (unpaired) electrons. The molecule has 0 bridgehead atoms. The van der Waals surface area contributed by atoms with E-state index in [0.29, 0.717) is 5.56 Å². The first-order chi connectivity index (χ1) is 18.4. The van der Waals surface area contributed by atoms with Gasteiger partial charge in [-0.1, -0.05) is 121 Å². The van der Waals surface area contributed by atoms with Gasteiger partial charge in [-0.3, -0.25) is 4.99 Å². The highest BCUT2D eigenvalue weighted by atomic mass is 19.4. The number of aliphatic imine (C=N–C) groups is 1. The minimum absolute atomic E-state index is 0.228. The summed E-state index contributed by atoms with van der Waals surface area (Å²) in [6.07, 6.45) is -4.93. The number of rotatable bonds is 7. The van der Waals surface area contributed by atoms with Crippen molar-refractivity contribution in [3.8, 4) is 0 Å². The van der Waals surface area contributed by atoms with Crippen molar-refractivity contribution < 1.29 is 22.8 Å². The molecule has 0 saturated carbocycles. The first kappa shape index (κ1) is 25.3. The van der Waals surface area contributed by atoms with E-state index in [1.807, 2.05) is 97.1 Å². The smallest absolute Gasteiger partial charge is 0.330 e. The van der Waals surface area contributed by atoms with Gasteiger partial charge in [-0.2, -0.15) is 18.2 Å². The van der Waals surface area contributed by atoms with Gasteiger partial charge in [0.1, 0.15) is 17.9 Å². The molecule has 7 heteroatoms. The Hall–Kier alpha value is -4.39. The number of amidine groups is 1. The zero-order valence-electron chi connectivity index (χ0n) is 20.3. The minimum Gasteiger partial charge on any atom is -0.330 e. The number of benzene rings is 4. The number of halogens is 3. The molecule has 0 N–H and O–H groups in total. The predicted octanol–water partition coefficient (Wildman–Crippen LogP) is 7.43. The molecule has 0 saturated heterocycles. The van der Waals surface area contributed by atoms with Gasteiger partial charge in [0, 0.05) is 12.3 Å². The second kappa shape index (κ2) is 10.9. The van der Waals surface area contributed by atoms with Crippen LogP contribution >= 0.6 is 0 Å². The standard InChI is InChI=1S/C31H25F3N2O2/c32-31(33,34)30(37)38-36-27(21-26(22-13-5-1-6-14-22)23-15-7-2-8-16-23)35-28(24-17-9-3-10-18-24)29(36)25-19-11-4-12-20-25/h1-20,26,28-29H,21H2. The maximum atomic E-state index is 13.4. The number of carbonyl (C=O) groups excluding carboxylic acids is 1. The van der Waals surface area contributed by atoms with E-state index in [1.54, 1.807) is 24.3 Å². The van der Waals surface area contributed by atoms with Gasteiger partial charge in [-0.15, -0.1) is 0 Å². The van der Waals surface area contributed by atoms with Crippen LogP contribution in [0.15, 0.2) is 126 Å². The lowest BCUT2D eigenvalue weighted by Crippen LogP contribution is -2.39. The molecule has 38 heavy (non-hydrogen) atoms. The zero-order valence-corrected chi connectivity index (χ0v) is 20.3. The Morgan fingerprint density at radius 1 is 0.737 bits per heavy atom. The fourth-order valence-electron chi connectivity index (χ4n) is 4.83. The van der Waals surface area contributed by atoms with Gasteiger partial charge < -0.3 is 4.84 Å². The molecule has 0 fully saturated rings. The summed E-state index contributed by atoms with van der Waals surface area (Å²) in [5, 5.41) is 1.07. The van der Waals surface area contributed by atoms with E-state index in [2.05, 4.69) is 0 Å². The summed E-state index contributed by atoms with van der Waals surface area (Å²) in [5.74, 6) is -2.24. The summed E-state index contributed by atoms with van der Waals surface area (Å²) in [6, 6.07) is 36.4. The van der Waals surface area contributed by atoms with Crippen LogP contribution in [0.5, 0.6) is 0 Å². The number of alkyl halides is 3. The van der Waals surface area contributed by atoms with Gasteiger partial charge in [0.05, 0.1) is 0 Å². The van der Waals surface area contributed by atoms with Crippen LogP contribution in [0.3, 0.4) is 0 Å². The SMILES string of the molecule is O=C(ON1C(CC(c2ccccc2)c2ccccc2)=NC(c2ccccc2)C1c1ccccc1)C(F)(F)F. The van der Waals surface area contributed by atoms with Crippen molar-refractivity contribution in [2.24, 2.45) is 4.99 Å². The van der Waals surface area contributed by atoms with Crippen LogP contribution < -0.4 is 0 Å². The Kier molecular flexibility index (Phi) is 7.26. The van der Waals surface area contributed by atoms with E-state index in [1.165, 1.54) is 0 Å². The van der Waals surface area contributed by atoms with Crippen molar-refractivity contribution in [1.82, 2.24) is 5.06 Å². The summed E-state index contributed by atoms with van der Waals surface area (Å²) < 4.78 is 40.3. The molecule has 0 amide bonds. The monoisotopic (exact) mass is 514 g/mol. The molecule has 2 atom stereocenters. The summed E-state index contributed by atoms with van der Waals surface area (Å²) in [6.45, 7) is 0. The highest BCUT2D eigenvalue weighted by Crippen LogP contribution is 2.45. The number of hydrogen-bond acceptors (Lipinski definition) is 4. The van der Waals surface area contributed by atoms with Gasteiger partial charge in [-0.25, -0.2) is 4.79 Å². The lowest BCUT2D eigenvalue weighted by atomic mass is 9.88. The van der Waals surface area contributed by atoms with Crippen molar-refractivity contribution in [3.05, 3.63) is 144 Å². The van der Waals surface area contributed by atoms with Crippen LogP contribution in [0, 0.1) is 0 Å². The van der Waals surface area contributed by atoms with Crippen molar-refractivity contribution in [2.45, 2.75) is 30.6 Å². The molecule has 4 nitrogen and oxygen atoms in total. The van der Waals surface area contributed by atoms with Gasteiger partial charge in [0.2, 0.25) is 0 Å². The van der Waals surface area contributed by atoms with E-state index >= 15 is 0 Å². The average molecular weight is 515 g/mol. The molecule has 5 rings (SSSR count). The van der Waals surface area contributed by atoms with Crippen molar-refractivity contribution >= 4 is 11.8 Å². The van der Waals surface area contributed by atoms with E-state index in [-0.39, 0.29) is 18.2 Å². The van der Waals surface area contributed by atoms with Crippen molar-refractivity contribution in [2.75, 3.05) is 0 Å². The third-order valence-electron chi connectivity index (χ3n) is 6.58. The van der Waals surface area contributed by atoms with Gasteiger partial charge in [0.25, 0.3) is 0 Å². The summed E-state index contributed by atoms with van der Waals surface area (Å²) in [4.78, 5) is 22.2. The fourth-order valence-corrected chi connectivity index (χ4v) is 4.83. The van der Waals surface area contributed by atoms with Crippen LogP contribution in [-0.4, -0.2) is 23.0 Å². The number of nitrogens with zero attached hydrogens (tertiary/aromatic N) is 2. The molecule has 4 aromatic rings. The zero-order chi connectivity index (χ0) is 26.5. The van der Waals surface area contributed by atoms with Gasteiger partial charge >= 0.3 is 12.1 Å². The third kappa shape index (κ3) is 5.47. The molecular formula is C31H25F3N2O2. The molecule has 0 aliphatic carbocycles. The van der Waals surface area contributed by atoms with E-state index in [0.717, 1.165) is 21.8 Å². The lowest BCUT2D eigenvalue weighted by Gasteiger charge is -2.30. The average Bonchev–Trinajstić information content (AvgIpc) is 3.30. The van der Waals surface area contributed by atoms with Crippen LogP contribution in [0.1, 0.15) is 46.7 Å². The molecule has 0 aromatic heterocycles. The molecule has 1 aliphatic heterocycles. The number of hydrogen-bond donors (Lipinski definition) is 0. The van der Waals surface area contributed by atoms with E-state index in [9.17, 15) is 18.0 Å². The van der Waals surface area contributed by atoms with Gasteiger partial charge in [0.15, 0.2) is 0 Å². The Bertz CT molecular complexity index is 1340. The molecule has 192 valence electrons. The Morgan fingerprint density at radius 3 is 1.66 bits per heavy atom. The summed E-state index contributed by atoms with van der Waals surface area (Å²) >= 11 is 0. The minimum atomic E-state index is -5.16. The Balaban J connectivity index is 1.62. The first-order valence-electron chi connectivity index (χ1n) is 12.3. The molecule has 2 unspecified atom stereocenters. The molecule has 0 spiro atoms. The highest BCUT2D eigenvalue weighted by molar-refractivity contribution is 5.87. The number of hydroxylamine groups is 2. The van der Waals surface area contributed by atoms with Crippen molar-refractivity contribution in [3.63, 3.8) is 0 Å². The third-order valence-corrected chi connectivity index (χ3v) is 6.58. The predicted molar refractivity (Wildman–Crippen MR) is 139 cm³/mol. The quantitative estimate of drug-likeness (QED) is 0.258. The lowest BCUT2D eigenvalue weighted by molar-refractivity contribution is -0.230. The van der Waals surface area contributed by atoms with Crippen LogP contribution in [0.25, 0.3) is 0 Å². The molecule has 1 aliphatic rings. The Morgan fingerprint density at radius 2 is 1.18 bits per heavy atom. The molecule has 4 aromatic carbocycles. The first-order valence-corrected chi connectivity index (χ1v) is 12.3. The largest absolute Gasteiger partial charge is 0.493 e.